The number of ether oxygens (including phenoxy) is 1. The molecule has 0 fully saturated rings. The van der Waals surface area contributed by atoms with Gasteiger partial charge >= 0.3 is 0 Å². The molecule has 1 amide bonds. The zero-order valence-electron chi connectivity index (χ0n) is 35.7. The van der Waals surface area contributed by atoms with E-state index in [-0.39, 0.29) is 60.1 Å². The number of halogens is 6. The number of sulfonamides is 3. The number of fused-ring (bicyclic) bond motifs is 4. The van der Waals surface area contributed by atoms with Gasteiger partial charge in [0.05, 0.1) is 30.1 Å². The lowest BCUT2D eigenvalue weighted by molar-refractivity contribution is 0.0965. The van der Waals surface area contributed by atoms with E-state index in [0.29, 0.717) is 59.2 Å². The second kappa shape index (κ2) is 20.0. The summed E-state index contributed by atoms with van der Waals surface area (Å²) in [6.07, 6.45) is 5.42. The van der Waals surface area contributed by atoms with Crippen molar-refractivity contribution in [2.45, 2.75) is 21.2 Å². The van der Waals surface area contributed by atoms with Crippen molar-refractivity contribution in [2.24, 2.45) is 0 Å². The molecule has 6 heterocycles. The highest BCUT2D eigenvalue weighted by molar-refractivity contribution is 9.10. The summed E-state index contributed by atoms with van der Waals surface area (Å²) in [6.45, 7) is 0.224. The SMILES string of the molecule is COc1cc(Br)cnc1NS(=O)(=O)c1c[nH]c2nc(Cl)ccc12.N#Cc1ccc2c(S(=O)(=O)Nc3ccc(Cl)cc3F)c[nH]c2c1.O=C1NCc2cc(F)c(NS(=O)(=O)c3c[nH]c4cc(Cl)ccc34)cc21. The van der Waals surface area contributed by atoms with E-state index in [1.807, 2.05) is 6.07 Å². The normalized spacial score (nSPS) is 12.3. The average molecular weight is 1150 g/mol. The first kappa shape index (κ1) is 50.4. The highest BCUT2D eigenvalue weighted by Crippen LogP contribution is 2.33. The van der Waals surface area contributed by atoms with Crippen LogP contribution < -0.4 is 24.2 Å². The van der Waals surface area contributed by atoms with E-state index in [4.69, 9.17) is 44.8 Å². The fraction of sp³-hybridized carbons (Fsp3) is 0.0455. The number of benzene rings is 4. The number of rotatable bonds is 10. The van der Waals surface area contributed by atoms with Gasteiger partial charge in [-0.15, -0.1) is 0 Å². The molecule has 0 spiro atoms. The molecule has 5 aromatic heterocycles. The van der Waals surface area contributed by atoms with E-state index < -0.39 is 41.7 Å². The van der Waals surface area contributed by atoms with Crippen molar-refractivity contribution in [3.8, 4) is 11.8 Å². The molecule has 27 heteroatoms. The van der Waals surface area contributed by atoms with E-state index in [9.17, 15) is 38.8 Å². The molecule has 0 unspecified atom stereocenters. The van der Waals surface area contributed by atoms with Crippen LogP contribution in [0.5, 0.6) is 5.75 Å². The lowest BCUT2D eigenvalue weighted by Gasteiger charge is -2.10. The number of hydrogen-bond acceptors (Lipinski definition) is 11. The minimum absolute atomic E-state index is 0.0358. The second-order valence-corrected chi connectivity index (χ2v) is 22.0. The molecule has 71 heavy (non-hydrogen) atoms. The number of nitriles is 1. The van der Waals surface area contributed by atoms with Crippen LogP contribution >= 0.6 is 50.7 Å². The van der Waals surface area contributed by atoms with Gasteiger partial charge in [0.25, 0.3) is 36.0 Å². The fourth-order valence-corrected chi connectivity index (χ4v) is 11.5. The van der Waals surface area contributed by atoms with Crippen molar-refractivity contribution in [3.05, 3.63) is 158 Å². The zero-order chi connectivity index (χ0) is 51.0. The van der Waals surface area contributed by atoms with Gasteiger partial charge in [-0.05, 0) is 100 Å². The molecule has 9 aromatic rings. The van der Waals surface area contributed by atoms with E-state index in [1.54, 1.807) is 30.3 Å². The molecule has 0 radical (unpaired) electrons. The molecule has 1 aliphatic rings. The standard InChI is InChI=1S/C16H11ClFN3O3S.C15H9ClFN3O2S.C13H10BrClN4O3S/c17-9-1-2-10-13(4-9)19-7-15(10)25(23,24)21-14-5-11-8(3-12(14)18)6-20-16(11)22;16-10-2-4-13(12(17)6-10)20-23(21,22)15-8-19-14-5-9(7-18)1-3-11(14)15;1-22-9-4-7(14)5-16-13(9)19-23(20,21)10-6-17-12-8(10)2-3-11(15)18-12/h1-5,7,19,21H,6H2,(H,20,22);1-6,8,19-20H;2-6H,1H3,(H,16,19)(H,17,18). The Balaban J connectivity index is 0.000000143. The van der Waals surface area contributed by atoms with Crippen LogP contribution in [0.2, 0.25) is 15.2 Å². The minimum atomic E-state index is -4.06. The third kappa shape index (κ3) is 10.9. The number of nitrogens with zero attached hydrogens (tertiary/aromatic N) is 3. The van der Waals surface area contributed by atoms with Crippen LogP contribution in [0.15, 0.2) is 129 Å². The van der Waals surface area contributed by atoms with Crippen LogP contribution in [0, 0.1) is 23.0 Å². The Morgan fingerprint density at radius 1 is 0.704 bits per heavy atom. The average Bonchev–Trinajstić information content (AvgIpc) is 4.14. The van der Waals surface area contributed by atoms with Gasteiger partial charge in [-0.25, -0.2) is 44.0 Å². The van der Waals surface area contributed by atoms with Gasteiger partial charge < -0.3 is 25.0 Å². The summed E-state index contributed by atoms with van der Waals surface area (Å²) >= 11 is 20.6. The summed E-state index contributed by atoms with van der Waals surface area (Å²) in [5.41, 5.74) is 2.10. The van der Waals surface area contributed by atoms with Gasteiger partial charge in [0.2, 0.25) is 0 Å². The first-order valence-electron chi connectivity index (χ1n) is 19.9. The first-order chi connectivity index (χ1) is 33.7. The summed E-state index contributed by atoms with van der Waals surface area (Å²) < 4.78 is 116. The number of carbonyl (C=O) groups excluding carboxylic acids is 1. The van der Waals surface area contributed by atoms with Crippen LogP contribution in [0.3, 0.4) is 0 Å². The number of methoxy groups -OCH3 is 1. The number of anilines is 3. The van der Waals surface area contributed by atoms with Gasteiger partial charge in [-0.3, -0.25) is 19.0 Å². The maximum Gasteiger partial charge on any atom is 0.265 e. The van der Waals surface area contributed by atoms with Crippen molar-refractivity contribution in [3.63, 3.8) is 0 Å². The molecule has 7 N–H and O–H groups in total. The molecule has 0 bridgehead atoms. The lowest BCUT2D eigenvalue weighted by Crippen LogP contribution is -2.15. The van der Waals surface area contributed by atoms with Crippen molar-refractivity contribution >= 4 is 137 Å². The van der Waals surface area contributed by atoms with Gasteiger partial charge in [0.1, 0.15) is 37.1 Å². The predicted molar refractivity (Wildman–Crippen MR) is 267 cm³/mol. The summed E-state index contributed by atoms with van der Waals surface area (Å²) in [5.74, 6) is -1.50. The fourth-order valence-electron chi connectivity index (χ4n) is 6.99. The molecule has 0 saturated carbocycles. The third-order valence-electron chi connectivity index (χ3n) is 10.3. The van der Waals surface area contributed by atoms with Gasteiger partial charge in [0.15, 0.2) is 11.6 Å². The Bertz CT molecular complexity index is 4000. The van der Waals surface area contributed by atoms with Gasteiger partial charge in [-0.1, -0.05) is 40.9 Å². The molecular weight excluding hydrogens is 1120 g/mol. The van der Waals surface area contributed by atoms with Crippen molar-refractivity contribution < 1.29 is 43.6 Å². The maximum atomic E-state index is 14.2. The topological polar surface area (TPSA) is 274 Å². The summed E-state index contributed by atoms with van der Waals surface area (Å²) in [6, 6.07) is 22.0. The third-order valence-corrected chi connectivity index (χ3v) is 15.6. The quantitative estimate of drug-likeness (QED) is 0.0633. The number of aromatic nitrogens is 5. The number of carbonyl (C=O) groups is 1. The molecule has 364 valence electrons. The van der Waals surface area contributed by atoms with Crippen molar-refractivity contribution in [1.82, 2.24) is 30.2 Å². The molecule has 4 aromatic carbocycles. The minimum Gasteiger partial charge on any atom is -0.493 e. The van der Waals surface area contributed by atoms with Crippen LogP contribution in [-0.2, 0) is 36.6 Å². The molecule has 0 aliphatic carbocycles. The Hall–Kier alpha value is -6.98. The predicted octanol–water partition coefficient (Wildman–Crippen LogP) is 9.82. The number of aromatic amines is 3. The number of nitrogens with one attached hydrogen (secondary N) is 7. The lowest BCUT2D eigenvalue weighted by atomic mass is 10.1. The van der Waals surface area contributed by atoms with E-state index in [2.05, 4.69) is 60.3 Å². The molecule has 1 aliphatic heterocycles. The smallest absolute Gasteiger partial charge is 0.265 e. The second-order valence-electron chi connectivity index (χ2n) is 14.9. The number of H-pyrrole nitrogens is 3. The van der Waals surface area contributed by atoms with Crippen molar-refractivity contribution in [2.75, 3.05) is 21.3 Å². The molecule has 10 rings (SSSR count). The number of hydrogen-bond donors (Lipinski definition) is 7. The van der Waals surface area contributed by atoms with E-state index in [0.717, 1.165) is 12.1 Å². The highest BCUT2D eigenvalue weighted by Gasteiger charge is 2.27. The van der Waals surface area contributed by atoms with E-state index in [1.165, 1.54) is 74.4 Å². The first-order valence-corrected chi connectivity index (χ1v) is 26.3. The Morgan fingerprint density at radius 2 is 1.28 bits per heavy atom. The molecular formula is C44H30BrCl3F2N10O8S3. The monoisotopic (exact) mass is 1140 g/mol. The Kier molecular flexibility index (Phi) is 14.2. The van der Waals surface area contributed by atoms with Crippen molar-refractivity contribution in [1.29, 1.82) is 5.26 Å². The Labute approximate surface area is 425 Å². The molecule has 0 saturated heterocycles. The zero-order valence-corrected chi connectivity index (χ0v) is 42.0. The van der Waals surface area contributed by atoms with Gasteiger partial charge in [0, 0.05) is 78.6 Å². The Morgan fingerprint density at radius 3 is 1.96 bits per heavy atom. The highest BCUT2D eigenvalue weighted by atomic mass is 79.9. The largest absolute Gasteiger partial charge is 0.493 e. The molecule has 0 atom stereocenters. The van der Waals surface area contributed by atoms with Crippen LogP contribution in [-0.4, -0.2) is 63.2 Å². The van der Waals surface area contributed by atoms with Crippen LogP contribution in [0.4, 0.5) is 26.0 Å². The summed E-state index contributed by atoms with van der Waals surface area (Å²) in [4.78, 5) is 28.1. The maximum absolute atomic E-state index is 14.2. The van der Waals surface area contributed by atoms with Crippen LogP contribution in [0.25, 0.3) is 32.8 Å². The summed E-state index contributed by atoms with van der Waals surface area (Å²) in [5, 5.41) is 13.6. The summed E-state index contributed by atoms with van der Waals surface area (Å²) in [7, 11) is -10.5. The van der Waals surface area contributed by atoms with E-state index >= 15 is 0 Å². The van der Waals surface area contributed by atoms with Gasteiger partial charge in [-0.2, -0.15) is 5.26 Å². The molecule has 18 nitrogen and oxygen atoms in total. The number of amides is 1. The van der Waals surface area contributed by atoms with Crippen LogP contribution in [0.1, 0.15) is 21.5 Å². The number of pyridine rings is 2.